The fraction of sp³-hybridized carbons (Fsp3) is 0.167. The molecule has 4 nitrogen and oxygen atoms in total. The van der Waals surface area contributed by atoms with Crippen LogP contribution in [0.15, 0.2) is 53.7 Å². The third kappa shape index (κ3) is 4.32. The first kappa shape index (κ1) is 18.2. The number of aromatic nitrogens is 2. The first-order chi connectivity index (χ1) is 12.3. The number of carbonyl (C=O) groups is 1. The van der Waals surface area contributed by atoms with E-state index in [1.54, 1.807) is 0 Å². The molecule has 0 aliphatic carbocycles. The first-order valence-corrected chi connectivity index (χ1v) is 8.65. The third-order valence-corrected chi connectivity index (χ3v) is 4.43. The van der Waals surface area contributed by atoms with Gasteiger partial charge in [0.05, 0.1) is 16.8 Å². The van der Waals surface area contributed by atoms with Crippen LogP contribution >= 0.6 is 11.8 Å². The van der Waals surface area contributed by atoms with Crippen LogP contribution in [0.25, 0.3) is 10.9 Å². The average Bonchev–Trinajstić information content (AvgIpc) is 2.59. The van der Waals surface area contributed by atoms with E-state index in [0.717, 1.165) is 40.5 Å². The number of thioether (sulfide) groups is 1. The number of nitrogens with zero attached hydrogens (tertiary/aromatic N) is 2. The Morgan fingerprint density at radius 3 is 2.65 bits per heavy atom. The lowest BCUT2D eigenvalue weighted by Gasteiger charge is -2.10. The minimum atomic E-state index is -4.45. The van der Waals surface area contributed by atoms with Gasteiger partial charge in [-0.3, -0.25) is 4.79 Å². The summed E-state index contributed by atoms with van der Waals surface area (Å²) in [4.78, 5) is 20.8. The van der Waals surface area contributed by atoms with Gasteiger partial charge in [0.25, 0.3) is 0 Å². The van der Waals surface area contributed by atoms with Crippen molar-refractivity contribution in [3.8, 4) is 0 Å². The molecule has 26 heavy (non-hydrogen) atoms. The lowest BCUT2D eigenvalue weighted by atomic mass is 10.2. The smallest absolute Gasteiger partial charge is 0.325 e. The molecule has 0 atom stereocenters. The zero-order valence-corrected chi connectivity index (χ0v) is 14.5. The lowest BCUT2D eigenvalue weighted by Crippen LogP contribution is -2.15. The largest absolute Gasteiger partial charge is 0.416 e. The Bertz CT molecular complexity index is 960. The van der Waals surface area contributed by atoms with Gasteiger partial charge in [0, 0.05) is 16.8 Å². The number of amides is 1. The summed E-state index contributed by atoms with van der Waals surface area (Å²) in [5, 5.41) is 3.84. The van der Waals surface area contributed by atoms with Crippen molar-refractivity contribution in [3.05, 3.63) is 59.8 Å². The van der Waals surface area contributed by atoms with Crippen LogP contribution in [0, 0.1) is 6.92 Å². The highest BCUT2D eigenvalue weighted by molar-refractivity contribution is 7.99. The summed E-state index contributed by atoms with van der Waals surface area (Å²) in [6.07, 6.45) is -4.45. The summed E-state index contributed by atoms with van der Waals surface area (Å²) in [6, 6.07) is 12.1. The Kier molecular flexibility index (Phi) is 5.13. The van der Waals surface area contributed by atoms with Gasteiger partial charge in [-0.2, -0.15) is 13.2 Å². The Morgan fingerprint density at radius 1 is 1.12 bits per heavy atom. The molecule has 2 aromatic carbocycles. The fourth-order valence-corrected chi connectivity index (χ4v) is 3.07. The quantitative estimate of drug-likeness (QED) is 0.529. The fourth-order valence-electron chi connectivity index (χ4n) is 2.37. The van der Waals surface area contributed by atoms with Gasteiger partial charge < -0.3 is 5.32 Å². The van der Waals surface area contributed by atoms with Crippen molar-refractivity contribution in [1.29, 1.82) is 0 Å². The molecule has 8 heteroatoms. The molecule has 1 aromatic heterocycles. The number of benzene rings is 2. The van der Waals surface area contributed by atoms with E-state index in [1.807, 2.05) is 31.2 Å². The summed E-state index contributed by atoms with van der Waals surface area (Å²) < 4.78 is 38.1. The molecule has 0 unspecified atom stereocenters. The predicted octanol–water partition coefficient (Wildman–Crippen LogP) is 4.69. The van der Waals surface area contributed by atoms with Crippen LogP contribution in [0.2, 0.25) is 0 Å². The Hall–Kier alpha value is -2.61. The van der Waals surface area contributed by atoms with Crippen molar-refractivity contribution in [2.45, 2.75) is 18.3 Å². The number of fused-ring (bicyclic) bond motifs is 1. The molecule has 1 amide bonds. The first-order valence-electron chi connectivity index (χ1n) is 7.66. The second-order valence-corrected chi connectivity index (χ2v) is 6.47. The second-order valence-electron chi connectivity index (χ2n) is 5.52. The van der Waals surface area contributed by atoms with Gasteiger partial charge in [0.1, 0.15) is 0 Å². The maximum atomic E-state index is 12.7. The van der Waals surface area contributed by atoms with Crippen molar-refractivity contribution in [2.24, 2.45) is 0 Å². The predicted molar refractivity (Wildman–Crippen MR) is 95.1 cm³/mol. The molecule has 0 spiro atoms. The van der Waals surface area contributed by atoms with E-state index in [4.69, 9.17) is 0 Å². The normalized spacial score (nSPS) is 11.5. The molecule has 0 bridgehead atoms. The number of para-hydroxylation sites is 1. The SMILES string of the molecule is Cc1nc(SCC(=O)Nc2cccc(C(F)(F)F)c2)nc2ccccc12. The highest BCUT2D eigenvalue weighted by Crippen LogP contribution is 2.30. The maximum absolute atomic E-state index is 12.7. The van der Waals surface area contributed by atoms with Crippen LogP contribution in [0.1, 0.15) is 11.3 Å². The monoisotopic (exact) mass is 377 g/mol. The van der Waals surface area contributed by atoms with Gasteiger partial charge in [-0.25, -0.2) is 9.97 Å². The summed E-state index contributed by atoms with van der Waals surface area (Å²) in [5.74, 6) is -0.433. The standard InChI is InChI=1S/C18H14F3N3OS/c1-11-14-7-2-3-8-15(14)24-17(22-11)26-10-16(25)23-13-6-4-5-12(9-13)18(19,20)21/h2-9H,10H2,1H3,(H,23,25). The molecule has 3 aromatic rings. The second kappa shape index (κ2) is 7.33. The van der Waals surface area contributed by atoms with E-state index in [1.165, 1.54) is 12.1 Å². The Morgan fingerprint density at radius 2 is 1.88 bits per heavy atom. The van der Waals surface area contributed by atoms with Crippen molar-refractivity contribution in [3.63, 3.8) is 0 Å². The van der Waals surface area contributed by atoms with Crippen molar-refractivity contribution >= 4 is 34.3 Å². The molecule has 0 saturated carbocycles. The topological polar surface area (TPSA) is 54.9 Å². The van der Waals surface area contributed by atoms with E-state index >= 15 is 0 Å². The molecule has 0 saturated heterocycles. The van der Waals surface area contributed by atoms with Crippen LogP contribution < -0.4 is 5.32 Å². The van der Waals surface area contributed by atoms with Gasteiger partial charge in [0.2, 0.25) is 5.91 Å². The molecule has 1 N–H and O–H groups in total. The van der Waals surface area contributed by atoms with Gasteiger partial charge >= 0.3 is 6.18 Å². The zero-order chi connectivity index (χ0) is 18.7. The number of hydrogen-bond acceptors (Lipinski definition) is 4. The van der Waals surface area contributed by atoms with E-state index in [2.05, 4.69) is 15.3 Å². The number of hydrogen-bond donors (Lipinski definition) is 1. The van der Waals surface area contributed by atoms with Crippen LogP contribution in [0.3, 0.4) is 0 Å². The minimum Gasteiger partial charge on any atom is -0.325 e. The summed E-state index contributed by atoms with van der Waals surface area (Å²) in [5.41, 5.74) is 0.870. The summed E-state index contributed by atoms with van der Waals surface area (Å²) in [6.45, 7) is 1.86. The molecule has 1 heterocycles. The van der Waals surface area contributed by atoms with Crippen LogP contribution in [0.4, 0.5) is 18.9 Å². The average molecular weight is 377 g/mol. The molecule has 0 aliphatic rings. The number of nitrogens with one attached hydrogen (secondary N) is 1. The molecular weight excluding hydrogens is 363 g/mol. The minimum absolute atomic E-state index is 0.00593. The van der Waals surface area contributed by atoms with Crippen LogP contribution in [-0.2, 0) is 11.0 Å². The highest BCUT2D eigenvalue weighted by atomic mass is 32.2. The van der Waals surface area contributed by atoms with Crippen molar-refractivity contribution in [2.75, 3.05) is 11.1 Å². The van der Waals surface area contributed by atoms with Gasteiger partial charge in [-0.05, 0) is 31.2 Å². The van der Waals surface area contributed by atoms with E-state index in [-0.39, 0.29) is 11.4 Å². The van der Waals surface area contributed by atoms with Gasteiger partial charge in [-0.1, -0.05) is 36.0 Å². The van der Waals surface area contributed by atoms with Crippen LogP contribution in [0.5, 0.6) is 0 Å². The molecule has 0 radical (unpaired) electrons. The number of aryl methyl sites for hydroxylation is 1. The summed E-state index contributed by atoms with van der Waals surface area (Å²) >= 11 is 1.13. The number of rotatable bonds is 4. The molecule has 3 rings (SSSR count). The van der Waals surface area contributed by atoms with Gasteiger partial charge in [0.15, 0.2) is 5.16 Å². The molecular formula is C18H14F3N3OS. The number of anilines is 1. The Labute approximate surface area is 151 Å². The Balaban J connectivity index is 1.66. The van der Waals surface area contributed by atoms with Crippen LogP contribution in [-0.4, -0.2) is 21.6 Å². The number of carbonyl (C=O) groups excluding carboxylic acids is 1. The van der Waals surface area contributed by atoms with Crippen molar-refractivity contribution in [1.82, 2.24) is 9.97 Å². The van der Waals surface area contributed by atoms with Gasteiger partial charge in [-0.15, -0.1) is 0 Å². The molecule has 134 valence electrons. The zero-order valence-electron chi connectivity index (χ0n) is 13.7. The number of halogens is 3. The summed E-state index contributed by atoms with van der Waals surface area (Å²) in [7, 11) is 0. The lowest BCUT2D eigenvalue weighted by molar-refractivity contribution is -0.137. The number of alkyl halides is 3. The van der Waals surface area contributed by atoms with E-state index in [0.29, 0.717) is 5.16 Å². The van der Waals surface area contributed by atoms with E-state index < -0.39 is 17.6 Å². The molecule has 0 aliphatic heterocycles. The van der Waals surface area contributed by atoms with E-state index in [9.17, 15) is 18.0 Å². The third-order valence-electron chi connectivity index (χ3n) is 3.58. The highest BCUT2D eigenvalue weighted by Gasteiger charge is 2.30. The molecule has 0 fully saturated rings. The van der Waals surface area contributed by atoms with Crippen molar-refractivity contribution < 1.29 is 18.0 Å². The maximum Gasteiger partial charge on any atom is 0.416 e.